The van der Waals surface area contributed by atoms with Crippen LogP contribution < -0.4 is 5.32 Å². The first-order chi connectivity index (χ1) is 6.68. The fraction of sp³-hybridized carbons (Fsp3) is 0.909. The van der Waals surface area contributed by atoms with E-state index < -0.39 is 5.54 Å². The molecule has 0 aromatic carbocycles. The molecule has 1 N–H and O–H groups in total. The van der Waals surface area contributed by atoms with Crippen LogP contribution in [-0.4, -0.2) is 25.7 Å². The predicted molar refractivity (Wildman–Crippen MR) is 63.3 cm³/mol. The molecule has 0 aromatic heterocycles. The van der Waals surface area contributed by atoms with E-state index in [0.717, 1.165) is 31.6 Å². The Bertz CT molecular complexity index is 201. The number of halogens is 1. The number of methoxy groups -OCH3 is 1. The van der Waals surface area contributed by atoms with Crippen LogP contribution in [0.3, 0.4) is 0 Å². The van der Waals surface area contributed by atoms with Crippen LogP contribution in [0.25, 0.3) is 0 Å². The molecule has 0 saturated heterocycles. The first kappa shape index (κ1) is 14.7. The van der Waals surface area contributed by atoms with Gasteiger partial charge in [-0.3, -0.25) is 4.79 Å². The Hall–Kier alpha value is -0.280. The summed E-state index contributed by atoms with van der Waals surface area (Å²) in [7, 11) is 3.32. The van der Waals surface area contributed by atoms with Gasteiger partial charge in [0.05, 0.1) is 7.11 Å². The first-order valence-electron chi connectivity index (χ1n) is 5.46. The number of carbonyl (C=O) groups excluding carboxylic acids is 1. The molecule has 15 heavy (non-hydrogen) atoms. The third kappa shape index (κ3) is 3.08. The third-order valence-electron chi connectivity index (χ3n) is 3.59. The number of hydrogen-bond acceptors (Lipinski definition) is 3. The Morgan fingerprint density at radius 3 is 2.33 bits per heavy atom. The van der Waals surface area contributed by atoms with Crippen molar-refractivity contribution in [1.82, 2.24) is 5.32 Å². The minimum atomic E-state index is -0.402. The topological polar surface area (TPSA) is 38.3 Å². The summed E-state index contributed by atoms with van der Waals surface area (Å²) in [5.41, 5.74) is -0.402. The molecule has 3 nitrogen and oxygen atoms in total. The Morgan fingerprint density at radius 1 is 1.47 bits per heavy atom. The summed E-state index contributed by atoms with van der Waals surface area (Å²) in [6.07, 6.45) is 5.31. The van der Waals surface area contributed by atoms with Crippen molar-refractivity contribution in [3.63, 3.8) is 0 Å². The number of nitrogens with one attached hydrogen (secondary N) is 1. The maximum absolute atomic E-state index is 11.6. The monoisotopic (exact) mass is 235 g/mol. The second kappa shape index (κ2) is 6.33. The number of rotatable bonds is 3. The van der Waals surface area contributed by atoms with E-state index in [2.05, 4.69) is 12.2 Å². The van der Waals surface area contributed by atoms with E-state index >= 15 is 0 Å². The Balaban J connectivity index is 0.00000196. The van der Waals surface area contributed by atoms with E-state index in [1.807, 2.05) is 7.05 Å². The maximum atomic E-state index is 11.6. The van der Waals surface area contributed by atoms with Crippen LogP contribution >= 0.6 is 12.4 Å². The van der Waals surface area contributed by atoms with Gasteiger partial charge in [-0.1, -0.05) is 13.3 Å². The molecule has 1 aliphatic carbocycles. The molecule has 1 aliphatic rings. The van der Waals surface area contributed by atoms with Gasteiger partial charge >= 0.3 is 5.97 Å². The third-order valence-corrected chi connectivity index (χ3v) is 3.59. The van der Waals surface area contributed by atoms with E-state index in [1.165, 1.54) is 13.5 Å². The molecule has 1 rings (SSSR count). The molecule has 4 heteroatoms. The van der Waals surface area contributed by atoms with Crippen molar-refractivity contribution in [2.75, 3.05) is 14.2 Å². The lowest BCUT2D eigenvalue weighted by atomic mass is 9.75. The normalized spacial score (nSPS) is 30.5. The molecule has 1 fully saturated rings. The van der Waals surface area contributed by atoms with E-state index in [4.69, 9.17) is 4.74 Å². The van der Waals surface area contributed by atoms with Gasteiger partial charge in [-0.25, -0.2) is 0 Å². The van der Waals surface area contributed by atoms with Gasteiger partial charge in [0.15, 0.2) is 0 Å². The molecule has 1 saturated carbocycles. The summed E-state index contributed by atoms with van der Waals surface area (Å²) >= 11 is 0. The number of carbonyl (C=O) groups is 1. The van der Waals surface area contributed by atoms with E-state index in [1.54, 1.807) is 0 Å². The van der Waals surface area contributed by atoms with E-state index in [-0.39, 0.29) is 18.4 Å². The van der Waals surface area contributed by atoms with Crippen LogP contribution in [0, 0.1) is 5.92 Å². The predicted octanol–water partition coefficient (Wildman–Crippen LogP) is 2.14. The Morgan fingerprint density at radius 2 is 2.00 bits per heavy atom. The second-order valence-corrected chi connectivity index (χ2v) is 4.18. The van der Waals surface area contributed by atoms with E-state index in [9.17, 15) is 4.79 Å². The van der Waals surface area contributed by atoms with Crippen LogP contribution in [0.15, 0.2) is 0 Å². The fourth-order valence-corrected chi connectivity index (χ4v) is 2.33. The Kier molecular flexibility index (Phi) is 6.22. The van der Waals surface area contributed by atoms with Crippen molar-refractivity contribution in [3.05, 3.63) is 0 Å². The molecular weight excluding hydrogens is 214 g/mol. The number of hydrogen-bond donors (Lipinski definition) is 1. The first-order valence-corrected chi connectivity index (χ1v) is 5.46. The minimum absolute atomic E-state index is 0. The summed E-state index contributed by atoms with van der Waals surface area (Å²) < 4.78 is 4.85. The molecule has 0 heterocycles. The quantitative estimate of drug-likeness (QED) is 0.762. The van der Waals surface area contributed by atoms with Crippen LogP contribution in [-0.2, 0) is 9.53 Å². The summed E-state index contributed by atoms with van der Waals surface area (Å²) in [6.45, 7) is 2.22. The van der Waals surface area contributed by atoms with Crippen molar-refractivity contribution < 1.29 is 9.53 Å². The van der Waals surface area contributed by atoms with Gasteiger partial charge in [0.2, 0.25) is 0 Å². The summed E-state index contributed by atoms with van der Waals surface area (Å²) in [5, 5.41) is 3.14. The SMILES string of the molecule is CCC1CCC(NC)(C(=O)OC)CC1.Cl. The molecular formula is C11H22ClNO2. The van der Waals surface area contributed by atoms with Crippen LogP contribution in [0.1, 0.15) is 39.0 Å². The van der Waals surface area contributed by atoms with Crippen LogP contribution in [0.5, 0.6) is 0 Å². The molecule has 0 radical (unpaired) electrons. The lowest BCUT2D eigenvalue weighted by Crippen LogP contribution is -2.53. The highest BCUT2D eigenvalue weighted by atomic mass is 35.5. The van der Waals surface area contributed by atoms with Gasteiger partial charge in [0, 0.05) is 0 Å². The minimum Gasteiger partial charge on any atom is -0.468 e. The number of likely N-dealkylation sites (N-methyl/N-ethyl adjacent to an activating group) is 1. The highest BCUT2D eigenvalue weighted by molar-refractivity contribution is 5.85. The molecule has 0 atom stereocenters. The average molecular weight is 236 g/mol. The zero-order valence-electron chi connectivity index (χ0n) is 9.84. The largest absolute Gasteiger partial charge is 0.468 e. The van der Waals surface area contributed by atoms with Crippen molar-refractivity contribution in [2.45, 2.75) is 44.6 Å². The van der Waals surface area contributed by atoms with Gasteiger partial charge in [0.25, 0.3) is 0 Å². The highest BCUT2D eigenvalue weighted by Crippen LogP contribution is 2.34. The van der Waals surface area contributed by atoms with Crippen molar-refractivity contribution in [2.24, 2.45) is 5.92 Å². The second-order valence-electron chi connectivity index (χ2n) is 4.18. The van der Waals surface area contributed by atoms with Crippen molar-refractivity contribution >= 4 is 18.4 Å². The van der Waals surface area contributed by atoms with Gasteiger partial charge in [-0.2, -0.15) is 0 Å². The van der Waals surface area contributed by atoms with Gasteiger partial charge in [-0.15, -0.1) is 12.4 Å². The molecule has 0 unspecified atom stereocenters. The van der Waals surface area contributed by atoms with Crippen molar-refractivity contribution in [3.8, 4) is 0 Å². The summed E-state index contributed by atoms with van der Waals surface area (Å²) in [4.78, 5) is 11.6. The summed E-state index contributed by atoms with van der Waals surface area (Å²) in [6, 6.07) is 0. The average Bonchev–Trinajstić information content (AvgIpc) is 2.28. The Labute approximate surface area is 98.4 Å². The van der Waals surface area contributed by atoms with Crippen molar-refractivity contribution in [1.29, 1.82) is 0 Å². The highest BCUT2D eigenvalue weighted by Gasteiger charge is 2.40. The number of esters is 1. The molecule has 0 aromatic rings. The van der Waals surface area contributed by atoms with Gasteiger partial charge in [-0.05, 0) is 38.6 Å². The number of ether oxygens (including phenoxy) is 1. The standard InChI is InChI=1S/C11H21NO2.ClH/c1-4-9-5-7-11(12-2,8-6-9)10(13)14-3;/h9,12H,4-8H2,1-3H3;1H. The van der Waals surface area contributed by atoms with Crippen LogP contribution in [0.4, 0.5) is 0 Å². The zero-order valence-corrected chi connectivity index (χ0v) is 10.7. The molecule has 0 spiro atoms. The molecule has 0 amide bonds. The zero-order chi connectivity index (χ0) is 10.6. The summed E-state index contributed by atoms with van der Waals surface area (Å²) in [5.74, 6) is 0.690. The lowest BCUT2D eigenvalue weighted by Gasteiger charge is -2.37. The molecule has 0 bridgehead atoms. The molecule has 0 aliphatic heterocycles. The molecule has 90 valence electrons. The van der Waals surface area contributed by atoms with Crippen LogP contribution in [0.2, 0.25) is 0 Å². The van der Waals surface area contributed by atoms with Gasteiger partial charge in [0.1, 0.15) is 5.54 Å². The lowest BCUT2D eigenvalue weighted by molar-refractivity contribution is -0.150. The maximum Gasteiger partial charge on any atom is 0.326 e. The van der Waals surface area contributed by atoms with Gasteiger partial charge < -0.3 is 10.1 Å². The van der Waals surface area contributed by atoms with E-state index in [0.29, 0.717) is 0 Å². The smallest absolute Gasteiger partial charge is 0.326 e. The fourth-order valence-electron chi connectivity index (χ4n) is 2.33.